The third-order valence-corrected chi connectivity index (χ3v) is 2.39. The molecule has 78 valence electrons. The molecular formula is C11H12N2O2. The minimum atomic E-state index is -0.452. The van der Waals surface area contributed by atoms with Crippen molar-refractivity contribution in [3.63, 3.8) is 0 Å². The standard InChI is InChI=1S/C11H12N2O2/c1-13(15-2)11(14)10-7-8-5-3-4-6-9(8)12-10/h3-7,10H,1-2H3/t10-/m0/s1. The Morgan fingerprint density at radius 2 is 2.20 bits per heavy atom. The second kappa shape index (κ2) is 3.82. The molecule has 1 atom stereocenters. The molecule has 0 N–H and O–H groups in total. The number of carbonyl (C=O) groups excluding carboxylic acids is 1. The molecule has 1 aliphatic rings. The second-order valence-electron chi connectivity index (χ2n) is 3.32. The Morgan fingerprint density at radius 3 is 2.87 bits per heavy atom. The number of carbonyl (C=O) groups is 1. The number of amides is 1. The predicted molar refractivity (Wildman–Crippen MR) is 55.3 cm³/mol. The number of para-hydroxylation sites is 1. The van der Waals surface area contributed by atoms with Crippen molar-refractivity contribution in [3.05, 3.63) is 34.8 Å². The predicted octanol–water partition coefficient (Wildman–Crippen LogP) is -0.511. The molecule has 1 amide bonds. The molecule has 0 aliphatic carbocycles. The topological polar surface area (TPSA) is 41.9 Å². The SMILES string of the molecule is CON(C)C(=O)[C@@H]1C=c2ccccc2=N1. The van der Waals surface area contributed by atoms with Gasteiger partial charge in [-0.2, -0.15) is 0 Å². The zero-order valence-electron chi connectivity index (χ0n) is 8.68. The Kier molecular flexibility index (Phi) is 2.51. The molecule has 0 radical (unpaired) electrons. The number of rotatable bonds is 2. The van der Waals surface area contributed by atoms with Crippen LogP contribution in [0, 0.1) is 0 Å². The third-order valence-electron chi connectivity index (χ3n) is 2.39. The summed E-state index contributed by atoms with van der Waals surface area (Å²) in [4.78, 5) is 20.8. The van der Waals surface area contributed by atoms with Gasteiger partial charge in [0.15, 0.2) is 6.04 Å². The van der Waals surface area contributed by atoms with E-state index in [-0.39, 0.29) is 5.91 Å². The van der Waals surface area contributed by atoms with E-state index < -0.39 is 6.04 Å². The molecule has 4 nitrogen and oxygen atoms in total. The van der Waals surface area contributed by atoms with Gasteiger partial charge < -0.3 is 0 Å². The number of hydrogen-bond donors (Lipinski definition) is 0. The minimum absolute atomic E-state index is 0.159. The molecule has 0 aromatic heterocycles. The minimum Gasteiger partial charge on any atom is -0.274 e. The van der Waals surface area contributed by atoms with Gasteiger partial charge in [0.1, 0.15) is 0 Å². The summed E-state index contributed by atoms with van der Waals surface area (Å²) in [6.45, 7) is 0. The van der Waals surface area contributed by atoms with Gasteiger partial charge in [0.25, 0.3) is 5.91 Å². The molecule has 2 rings (SSSR count). The van der Waals surface area contributed by atoms with E-state index in [4.69, 9.17) is 4.84 Å². The monoisotopic (exact) mass is 204 g/mol. The van der Waals surface area contributed by atoms with Crippen molar-refractivity contribution >= 4 is 12.0 Å². The van der Waals surface area contributed by atoms with E-state index >= 15 is 0 Å². The van der Waals surface area contributed by atoms with Crippen LogP contribution in [-0.2, 0) is 9.63 Å². The van der Waals surface area contributed by atoms with Gasteiger partial charge in [0.05, 0.1) is 12.5 Å². The zero-order valence-corrected chi connectivity index (χ0v) is 8.68. The highest BCUT2D eigenvalue weighted by Gasteiger charge is 2.21. The highest BCUT2D eigenvalue weighted by molar-refractivity contribution is 5.87. The van der Waals surface area contributed by atoms with Crippen molar-refractivity contribution in [1.82, 2.24) is 5.06 Å². The highest BCUT2D eigenvalue weighted by Crippen LogP contribution is 2.01. The van der Waals surface area contributed by atoms with Gasteiger partial charge in [-0.3, -0.25) is 14.6 Å². The van der Waals surface area contributed by atoms with Crippen LogP contribution in [0.5, 0.6) is 0 Å². The number of hydroxylamine groups is 2. The van der Waals surface area contributed by atoms with Crippen molar-refractivity contribution in [2.24, 2.45) is 4.99 Å². The normalized spacial score (nSPS) is 17.6. The van der Waals surface area contributed by atoms with Gasteiger partial charge in [-0.15, -0.1) is 0 Å². The van der Waals surface area contributed by atoms with E-state index in [2.05, 4.69) is 4.99 Å². The summed E-state index contributed by atoms with van der Waals surface area (Å²) in [6, 6.07) is 7.22. The Morgan fingerprint density at radius 1 is 1.47 bits per heavy atom. The van der Waals surface area contributed by atoms with Crippen molar-refractivity contribution in [2.75, 3.05) is 14.2 Å². The number of fused-ring (bicyclic) bond motifs is 1. The lowest BCUT2D eigenvalue weighted by molar-refractivity contribution is -0.168. The lowest BCUT2D eigenvalue weighted by Crippen LogP contribution is -2.33. The largest absolute Gasteiger partial charge is 0.274 e. The van der Waals surface area contributed by atoms with Crippen LogP contribution < -0.4 is 10.6 Å². The first-order valence-electron chi connectivity index (χ1n) is 4.69. The van der Waals surface area contributed by atoms with E-state index in [9.17, 15) is 4.79 Å². The van der Waals surface area contributed by atoms with Gasteiger partial charge in [-0.25, -0.2) is 5.06 Å². The summed E-state index contributed by atoms with van der Waals surface area (Å²) in [5.74, 6) is -0.159. The molecule has 1 aliphatic heterocycles. The van der Waals surface area contributed by atoms with Gasteiger partial charge in [-0.1, -0.05) is 18.2 Å². The maximum absolute atomic E-state index is 11.7. The van der Waals surface area contributed by atoms with Crippen LogP contribution in [0.25, 0.3) is 6.08 Å². The Hall–Kier alpha value is -1.68. The molecule has 15 heavy (non-hydrogen) atoms. The molecule has 0 saturated carbocycles. The van der Waals surface area contributed by atoms with Crippen molar-refractivity contribution in [2.45, 2.75) is 6.04 Å². The van der Waals surface area contributed by atoms with Crippen LogP contribution >= 0.6 is 0 Å². The van der Waals surface area contributed by atoms with Crippen LogP contribution in [0.4, 0.5) is 0 Å². The summed E-state index contributed by atoms with van der Waals surface area (Å²) in [5, 5.41) is 3.05. The fourth-order valence-corrected chi connectivity index (χ4v) is 1.51. The first-order valence-corrected chi connectivity index (χ1v) is 4.69. The van der Waals surface area contributed by atoms with Crippen molar-refractivity contribution in [3.8, 4) is 0 Å². The quantitative estimate of drug-likeness (QED) is 0.609. The van der Waals surface area contributed by atoms with E-state index in [0.29, 0.717) is 0 Å². The summed E-state index contributed by atoms with van der Waals surface area (Å²) >= 11 is 0. The Balaban J connectivity index is 2.32. The summed E-state index contributed by atoms with van der Waals surface area (Å²) < 4.78 is 0. The average molecular weight is 204 g/mol. The number of hydrogen-bond acceptors (Lipinski definition) is 3. The van der Waals surface area contributed by atoms with Gasteiger partial charge in [-0.05, 0) is 17.4 Å². The molecule has 0 bridgehead atoms. The molecule has 4 heteroatoms. The molecule has 0 unspecified atom stereocenters. The van der Waals surface area contributed by atoms with Crippen LogP contribution in [0.15, 0.2) is 29.3 Å². The Labute approximate surface area is 87.4 Å². The van der Waals surface area contributed by atoms with E-state index in [0.717, 1.165) is 10.6 Å². The van der Waals surface area contributed by atoms with Crippen molar-refractivity contribution < 1.29 is 9.63 Å². The summed E-state index contributed by atoms with van der Waals surface area (Å²) in [6.07, 6.45) is 1.84. The highest BCUT2D eigenvalue weighted by atomic mass is 16.7. The lowest BCUT2D eigenvalue weighted by atomic mass is 10.2. The molecule has 1 heterocycles. The smallest absolute Gasteiger partial charge is 0.274 e. The molecule has 1 aromatic rings. The molecule has 1 aromatic carbocycles. The van der Waals surface area contributed by atoms with E-state index in [1.54, 1.807) is 7.05 Å². The summed E-state index contributed by atoms with van der Waals surface area (Å²) in [5.41, 5.74) is 0. The zero-order chi connectivity index (χ0) is 10.8. The average Bonchev–Trinajstić information content (AvgIpc) is 2.70. The van der Waals surface area contributed by atoms with Gasteiger partial charge in [0, 0.05) is 7.05 Å². The molecule has 0 spiro atoms. The van der Waals surface area contributed by atoms with Crippen molar-refractivity contribution in [1.29, 1.82) is 0 Å². The van der Waals surface area contributed by atoms with Gasteiger partial charge >= 0.3 is 0 Å². The molecule has 0 fully saturated rings. The fourth-order valence-electron chi connectivity index (χ4n) is 1.51. The maximum atomic E-state index is 11.7. The van der Waals surface area contributed by atoms with E-state index in [1.807, 2.05) is 30.3 Å². The third kappa shape index (κ3) is 1.76. The van der Waals surface area contributed by atoms with Gasteiger partial charge in [0.2, 0.25) is 0 Å². The Bertz CT molecular complexity index is 461. The number of likely N-dealkylation sites (N-methyl/N-ethyl adjacent to an activating group) is 1. The van der Waals surface area contributed by atoms with Crippen LogP contribution in [0.3, 0.4) is 0 Å². The maximum Gasteiger partial charge on any atom is 0.274 e. The second-order valence-corrected chi connectivity index (χ2v) is 3.32. The summed E-state index contributed by atoms with van der Waals surface area (Å²) in [7, 11) is 3.04. The van der Waals surface area contributed by atoms with E-state index in [1.165, 1.54) is 12.2 Å². The van der Waals surface area contributed by atoms with Crippen LogP contribution in [0.2, 0.25) is 0 Å². The first-order chi connectivity index (χ1) is 7.22. The molecular weight excluding hydrogens is 192 g/mol. The fraction of sp³-hybridized carbons (Fsp3) is 0.273. The van der Waals surface area contributed by atoms with Crippen LogP contribution in [0.1, 0.15) is 0 Å². The first kappa shape index (κ1) is 9.86. The lowest BCUT2D eigenvalue weighted by Gasteiger charge is -2.15. The number of nitrogens with zero attached hydrogens (tertiary/aromatic N) is 2. The number of benzene rings is 1. The van der Waals surface area contributed by atoms with Crippen LogP contribution in [-0.4, -0.2) is 31.2 Å². The molecule has 0 saturated heterocycles.